The van der Waals surface area contributed by atoms with Crippen molar-refractivity contribution in [3.8, 4) is 0 Å². The van der Waals surface area contributed by atoms with E-state index in [0.717, 1.165) is 6.20 Å². The van der Waals surface area contributed by atoms with Gasteiger partial charge in [-0.15, -0.1) is 0 Å². The number of amides is 1. The first-order chi connectivity index (χ1) is 9.54. The molecular formula is C12H18N4O4. The lowest BCUT2D eigenvalue weighted by Gasteiger charge is -2.21. The molecule has 1 heterocycles. The Morgan fingerprint density at radius 3 is 2.80 bits per heavy atom. The number of carbonyl (C=O) groups excluding carboxylic acids is 1. The summed E-state index contributed by atoms with van der Waals surface area (Å²) in [4.78, 5) is 28.0. The molecule has 1 aromatic rings. The molecule has 20 heavy (non-hydrogen) atoms. The number of aromatic nitrogens is 1. The molecule has 0 atom stereocenters. The van der Waals surface area contributed by atoms with E-state index in [2.05, 4.69) is 10.3 Å². The third-order valence-corrected chi connectivity index (χ3v) is 2.81. The Morgan fingerprint density at radius 1 is 1.60 bits per heavy atom. The van der Waals surface area contributed by atoms with Crippen LogP contribution in [-0.4, -0.2) is 52.6 Å². The second-order valence-electron chi connectivity index (χ2n) is 4.06. The lowest BCUT2D eigenvalue weighted by molar-refractivity contribution is -0.385. The summed E-state index contributed by atoms with van der Waals surface area (Å²) in [6.07, 6.45) is 1.56. The number of hydrogen-bond acceptors (Lipinski definition) is 6. The highest BCUT2D eigenvalue weighted by Crippen LogP contribution is 2.20. The third-order valence-electron chi connectivity index (χ3n) is 2.81. The van der Waals surface area contributed by atoms with E-state index >= 15 is 0 Å². The van der Waals surface area contributed by atoms with Crippen molar-refractivity contribution in [2.24, 2.45) is 0 Å². The van der Waals surface area contributed by atoms with Crippen molar-refractivity contribution < 1.29 is 14.8 Å². The van der Waals surface area contributed by atoms with E-state index in [1.165, 1.54) is 11.0 Å². The van der Waals surface area contributed by atoms with Crippen LogP contribution in [0.5, 0.6) is 0 Å². The summed E-state index contributed by atoms with van der Waals surface area (Å²) in [5, 5.41) is 22.3. The highest BCUT2D eigenvalue weighted by molar-refractivity contribution is 5.99. The van der Waals surface area contributed by atoms with E-state index in [4.69, 9.17) is 5.11 Å². The zero-order valence-electron chi connectivity index (χ0n) is 11.5. The molecule has 0 aromatic carbocycles. The van der Waals surface area contributed by atoms with Crippen LogP contribution < -0.4 is 5.32 Å². The van der Waals surface area contributed by atoms with Gasteiger partial charge in [-0.3, -0.25) is 14.9 Å². The van der Waals surface area contributed by atoms with Crippen LogP contribution in [0.2, 0.25) is 0 Å². The molecular weight excluding hydrogens is 264 g/mol. The molecule has 0 aliphatic heterocycles. The van der Waals surface area contributed by atoms with Crippen molar-refractivity contribution in [3.63, 3.8) is 0 Å². The number of nitrogens with one attached hydrogen (secondary N) is 1. The molecule has 0 spiro atoms. The standard InChI is InChI=1S/C12H18N4O4/c1-3-15(5-4-6-17)12(18)10-7-9(16(19)20)8-14-11(10)13-2/h7-8,17H,3-6H2,1-2H3,(H,13,14). The van der Waals surface area contributed by atoms with Crippen molar-refractivity contribution >= 4 is 17.4 Å². The van der Waals surface area contributed by atoms with Crippen LogP contribution in [-0.2, 0) is 0 Å². The summed E-state index contributed by atoms with van der Waals surface area (Å²) in [5.41, 5.74) is -0.0768. The Labute approximate surface area is 116 Å². The molecule has 0 fully saturated rings. The molecule has 110 valence electrons. The van der Waals surface area contributed by atoms with Crippen LogP contribution in [0.1, 0.15) is 23.7 Å². The molecule has 1 rings (SSSR count). The van der Waals surface area contributed by atoms with E-state index in [1.54, 1.807) is 14.0 Å². The highest BCUT2D eigenvalue weighted by Gasteiger charge is 2.21. The van der Waals surface area contributed by atoms with Crippen LogP contribution >= 0.6 is 0 Å². The lowest BCUT2D eigenvalue weighted by Crippen LogP contribution is -2.32. The van der Waals surface area contributed by atoms with Gasteiger partial charge < -0.3 is 15.3 Å². The first-order valence-corrected chi connectivity index (χ1v) is 6.27. The zero-order valence-corrected chi connectivity index (χ0v) is 11.5. The average Bonchev–Trinajstić information content (AvgIpc) is 2.46. The van der Waals surface area contributed by atoms with E-state index in [0.29, 0.717) is 25.3 Å². The summed E-state index contributed by atoms with van der Waals surface area (Å²) in [5.74, 6) is -0.0513. The maximum absolute atomic E-state index is 12.4. The first kappa shape index (κ1) is 15.8. The van der Waals surface area contributed by atoms with Gasteiger partial charge in [0.05, 0.1) is 10.5 Å². The van der Waals surface area contributed by atoms with Gasteiger partial charge in [-0.25, -0.2) is 4.98 Å². The number of nitro groups is 1. The van der Waals surface area contributed by atoms with Crippen LogP contribution in [0.3, 0.4) is 0 Å². The fraction of sp³-hybridized carbons (Fsp3) is 0.500. The van der Waals surface area contributed by atoms with Crippen LogP contribution in [0.15, 0.2) is 12.3 Å². The lowest BCUT2D eigenvalue weighted by atomic mass is 10.2. The normalized spacial score (nSPS) is 10.2. The molecule has 1 aromatic heterocycles. The van der Waals surface area contributed by atoms with Crippen LogP contribution in [0.4, 0.5) is 11.5 Å². The molecule has 0 saturated heterocycles. The van der Waals surface area contributed by atoms with Gasteiger partial charge in [0.1, 0.15) is 12.0 Å². The SMILES string of the molecule is CCN(CCCO)C(=O)c1cc([N+](=O)[O-])cnc1NC. The molecule has 0 aliphatic carbocycles. The molecule has 2 N–H and O–H groups in total. The minimum absolute atomic E-state index is 0.0180. The monoisotopic (exact) mass is 282 g/mol. The quantitative estimate of drug-likeness (QED) is 0.567. The Bertz CT molecular complexity index is 492. The largest absolute Gasteiger partial charge is 0.396 e. The van der Waals surface area contributed by atoms with Gasteiger partial charge in [0, 0.05) is 32.8 Å². The maximum atomic E-state index is 12.4. The number of nitrogens with zero attached hydrogens (tertiary/aromatic N) is 3. The smallest absolute Gasteiger partial charge is 0.288 e. The molecule has 0 radical (unpaired) electrons. The van der Waals surface area contributed by atoms with E-state index < -0.39 is 4.92 Å². The number of carbonyl (C=O) groups is 1. The molecule has 0 unspecified atom stereocenters. The Kier molecular flexibility index (Phi) is 5.85. The van der Waals surface area contributed by atoms with Gasteiger partial charge in [0.2, 0.25) is 0 Å². The highest BCUT2D eigenvalue weighted by atomic mass is 16.6. The molecule has 1 amide bonds. The first-order valence-electron chi connectivity index (χ1n) is 6.27. The van der Waals surface area contributed by atoms with Gasteiger partial charge >= 0.3 is 0 Å². The second kappa shape index (κ2) is 7.39. The van der Waals surface area contributed by atoms with Crippen LogP contribution in [0, 0.1) is 10.1 Å². The van der Waals surface area contributed by atoms with Crippen LogP contribution in [0.25, 0.3) is 0 Å². The third kappa shape index (κ3) is 3.64. The number of aliphatic hydroxyl groups is 1. The maximum Gasteiger partial charge on any atom is 0.288 e. The Morgan fingerprint density at radius 2 is 2.30 bits per heavy atom. The van der Waals surface area contributed by atoms with Gasteiger partial charge in [-0.1, -0.05) is 0 Å². The molecule has 8 heteroatoms. The summed E-state index contributed by atoms with van der Waals surface area (Å²) in [7, 11) is 1.59. The van der Waals surface area contributed by atoms with E-state index in [-0.39, 0.29) is 23.8 Å². The summed E-state index contributed by atoms with van der Waals surface area (Å²) in [6.45, 7) is 2.62. The summed E-state index contributed by atoms with van der Waals surface area (Å²) < 4.78 is 0. The number of rotatable bonds is 7. The van der Waals surface area contributed by atoms with Gasteiger partial charge in [-0.05, 0) is 13.3 Å². The minimum atomic E-state index is -0.590. The predicted octanol–water partition coefficient (Wildman–Crippen LogP) is 0.876. The van der Waals surface area contributed by atoms with Crippen molar-refractivity contribution in [3.05, 3.63) is 27.9 Å². The topological polar surface area (TPSA) is 109 Å². The fourth-order valence-electron chi connectivity index (χ4n) is 1.75. The minimum Gasteiger partial charge on any atom is -0.396 e. The fourth-order valence-corrected chi connectivity index (χ4v) is 1.75. The molecule has 0 bridgehead atoms. The summed E-state index contributed by atoms with van der Waals surface area (Å²) >= 11 is 0. The van der Waals surface area contributed by atoms with E-state index in [9.17, 15) is 14.9 Å². The summed E-state index contributed by atoms with van der Waals surface area (Å²) in [6, 6.07) is 1.21. The molecule has 0 saturated carbocycles. The Hall–Kier alpha value is -2.22. The number of pyridine rings is 1. The Balaban J connectivity index is 3.10. The van der Waals surface area contributed by atoms with Crippen molar-refractivity contribution in [1.82, 2.24) is 9.88 Å². The van der Waals surface area contributed by atoms with Crippen molar-refractivity contribution in [2.75, 3.05) is 32.1 Å². The van der Waals surface area contributed by atoms with Gasteiger partial charge in [0.15, 0.2) is 0 Å². The molecule has 8 nitrogen and oxygen atoms in total. The number of hydrogen-bond donors (Lipinski definition) is 2. The van der Waals surface area contributed by atoms with E-state index in [1.807, 2.05) is 0 Å². The molecule has 0 aliphatic rings. The van der Waals surface area contributed by atoms with Crippen molar-refractivity contribution in [1.29, 1.82) is 0 Å². The number of aliphatic hydroxyl groups excluding tert-OH is 1. The van der Waals surface area contributed by atoms with Gasteiger partial charge in [0.25, 0.3) is 11.6 Å². The van der Waals surface area contributed by atoms with Crippen molar-refractivity contribution in [2.45, 2.75) is 13.3 Å². The number of anilines is 1. The average molecular weight is 282 g/mol. The zero-order chi connectivity index (χ0) is 15.1. The predicted molar refractivity (Wildman–Crippen MR) is 73.7 cm³/mol. The van der Waals surface area contributed by atoms with Gasteiger partial charge in [-0.2, -0.15) is 0 Å². The second-order valence-corrected chi connectivity index (χ2v) is 4.06.